The summed E-state index contributed by atoms with van der Waals surface area (Å²) in [6.45, 7) is -1.59. The summed E-state index contributed by atoms with van der Waals surface area (Å²) in [7, 11) is 0. The summed E-state index contributed by atoms with van der Waals surface area (Å²) < 4.78 is 39.7. The van der Waals surface area contributed by atoms with E-state index in [1.54, 1.807) is 0 Å². The number of hydrogen-bond donors (Lipinski definition) is 1. The van der Waals surface area contributed by atoms with E-state index in [0.29, 0.717) is 0 Å². The number of benzene rings is 1. The molecule has 0 radical (unpaired) electrons. The van der Waals surface area contributed by atoms with Crippen LogP contribution >= 0.6 is 11.6 Å². The lowest BCUT2D eigenvalue weighted by atomic mass is 10.2. The number of nitrogens with one attached hydrogen (secondary N) is 1. The highest BCUT2D eigenvalue weighted by atomic mass is 35.5. The van der Waals surface area contributed by atoms with E-state index in [0.717, 1.165) is 0 Å². The van der Waals surface area contributed by atoms with E-state index in [1.165, 1.54) is 18.2 Å². The van der Waals surface area contributed by atoms with Gasteiger partial charge >= 0.3 is 6.18 Å². The van der Waals surface area contributed by atoms with Crippen molar-refractivity contribution >= 4 is 23.0 Å². The summed E-state index contributed by atoms with van der Waals surface area (Å²) in [6.07, 6.45) is -4.39. The van der Waals surface area contributed by atoms with Gasteiger partial charge in [0.1, 0.15) is 12.3 Å². The minimum Gasteiger partial charge on any atom is -0.377 e. The third kappa shape index (κ3) is 5.75. The summed E-state index contributed by atoms with van der Waals surface area (Å²) in [4.78, 5) is 10.1. The molecule has 0 heterocycles. The number of hydrogen-bond acceptors (Lipinski definition) is 4. The fourth-order valence-corrected chi connectivity index (χ4v) is 1.43. The van der Waals surface area contributed by atoms with E-state index in [-0.39, 0.29) is 29.5 Å². The van der Waals surface area contributed by atoms with E-state index in [2.05, 4.69) is 10.1 Å². The molecule has 9 heteroatoms. The Morgan fingerprint density at radius 2 is 2.11 bits per heavy atom. The maximum Gasteiger partial charge on any atom is 0.411 e. The van der Waals surface area contributed by atoms with Crippen molar-refractivity contribution in [2.45, 2.75) is 6.18 Å². The Morgan fingerprint density at radius 3 is 2.68 bits per heavy atom. The molecule has 0 amide bonds. The Kier molecular flexibility index (Phi) is 5.37. The van der Waals surface area contributed by atoms with Crippen molar-refractivity contribution in [2.75, 3.05) is 25.1 Å². The van der Waals surface area contributed by atoms with Crippen LogP contribution < -0.4 is 5.32 Å². The fraction of sp³-hybridized carbons (Fsp3) is 0.400. The molecule has 0 saturated heterocycles. The van der Waals surface area contributed by atoms with Gasteiger partial charge in [0.2, 0.25) is 0 Å². The lowest BCUT2D eigenvalue weighted by Gasteiger charge is -2.09. The van der Waals surface area contributed by atoms with Crippen LogP contribution in [0.25, 0.3) is 0 Å². The minimum atomic E-state index is -4.39. The molecular formula is C10H10ClF3N2O3. The first-order valence-electron chi connectivity index (χ1n) is 5.12. The van der Waals surface area contributed by atoms with E-state index < -0.39 is 17.7 Å². The van der Waals surface area contributed by atoms with Gasteiger partial charge in [-0.05, 0) is 12.1 Å². The third-order valence-electron chi connectivity index (χ3n) is 1.98. The average Bonchev–Trinajstić information content (AvgIpc) is 2.26. The van der Waals surface area contributed by atoms with Gasteiger partial charge in [0.05, 0.1) is 11.5 Å². The molecule has 106 valence electrons. The molecule has 0 unspecified atom stereocenters. The summed E-state index contributed by atoms with van der Waals surface area (Å²) in [5.74, 6) is 0. The van der Waals surface area contributed by atoms with Gasteiger partial charge < -0.3 is 10.1 Å². The number of anilines is 1. The highest BCUT2D eigenvalue weighted by Crippen LogP contribution is 2.27. The zero-order valence-electron chi connectivity index (χ0n) is 9.54. The number of nitro benzene ring substituents is 1. The van der Waals surface area contributed by atoms with Gasteiger partial charge in [0, 0.05) is 17.6 Å². The standard InChI is InChI=1S/C10H10ClF3N2O3/c11-7-1-2-9(16(17)18)8(5-7)15-3-4-19-6-10(12,13)14/h1-2,5,15H,3-4,6H2. The smallest absolute Gasteiger partial charge is 0.377 e. The molecule has 0 aromatic heterocycles. The van der Waals surface area contributed by atoms with Crippen LogP contribution in [0, 0.1) is 10.1 Å². The molecule has 0 spiro atoms. The first-order valence-corrected chi connectivity index (χ1v) is 5.50. The van der Waals surface area contributed by atoms with Crippen molar-refractivity contribution in [2.24, 2.45) is 0 Å². The minimum absolute atomic E-state index is 0.00272. The Morgan fingerprint density at radius 1 is 1.42 bits per heavy atom. The van der Waals surface area contributed by atoms with E-state index in [4.69, 9.17) is 11.6 Å². The quantitative estimate of drug-likeness (QED) is 0.497. The topological polar surface area (TPSA) is 64.4 Å². The van der Waals surface area contributed by atoms with Gasteiger partial charge in [-0.25, -0.2) is 0 Å². The summed E-state index contributed by atoms with van der Waals surface area (Å²) >= 11 is 5.68. The second-order valence-electron chi connectivity index (χ2n) is 3.51. The molecule has 1 aromatic rings. The van der Waals surface area contributed by atoms with Crippen LogP contribution in [-0.2, 0) is 4.74 Å². The van der Waals surface area contributed by atoms with E-state index in [9.17, 15) is 23.3 Å². The highest BCUT2D eigenvalue weighted by Gasteiger charge is 2.27. The van der Waals surface area contributed by atoms with Crippen LogP contribution in [0.4, 0.5) is 24.5 Å². The number of halogens is 4. The zero-order valence-corrected chi connectivity index (χ0v) is 10.3. The van der Waals surface area contributed by atoms with Crippen LogP contribution in [-0.4, -0.2) is 30.9 Å². The lowest BCUT2D eigenvalue weighted by molar-refractivity contribution is -0.384. The summed E-state index contributed by atoms with van der Waals surface area (Å²) in [5.41, 5.74) is -0.0756. The van der Waals surface area contributed by atoms with Gasteiger partial charge in [-0.15, -0.1) is 0 Å². The molecule has 0 bridgehead atoms. The van der Waals surface area contributed by atoms with Crippen LogP contribution in [0.15, 0.2) is 18.2 Å². The molecule has 1 N–H and O–H groups in total. The molecule has 0 saturated carbocycles. The number of rotatable bonds is 6. The Bertz CT molecular complexity index is 454. The molecule has 0 atom stereocenters. The largest absolute Gasteiger partial charge is 0.411 e. The first kappa shape index (κ1) is 15.5. The van der Waals surface area contributed by atoms with Crippen LogP contribution in [0.1, 0.15) is 0 Å². The number of nitrogens with zero attached hydrogens (tertiary/aromatic N) is 1. The van der Waals surface area contributed by atoms with Crippen LogP contribution in [0.3, 0.4) is 0 Å². The van der Waals surface area contributed by atoms with Gasteiger partial charge in [0.15, 0.2) is 0 Å². The highest BCUT2D eigenvalue weighted by molar-refractivity contribution is 6.31. The Hall–Kier alpha value is -1.54. The van der Waals surface area contributed by atoms with Crippen LogP contribution in [0.5, 0.6) is 0 Å². The zero-order chi connectivity index (χ0) is 14.5. The Labute approximate surface area is 111 Å². The normalized spacial score (nSPS) is 11.4. The summed E-state index contributed by atoms with van der Waals surface area (Å²) in [6, 6.07) is 3.88. The molecule has 1 aromatic carbocycles. The van der Waals surface area contributed by atoms with Gasteiger partial charge in [-0.3, -0.25) is 10.1 Å². The SMILES string of the molecule is O=[N+]([O-])c1ccc(Cl)cc1NCCOCC(F)(F)F. The number of ether oxygens (including phenoxy) is 1. The molecular weight excluding hydrogens is 289 g/mol. The number of alkyl halides is 3. The van der Waals surface area contributed by atoms with Crippen molar-refractivity contribution in [1.82, 2.24) is 0 Å². The average molecular weight is 299 g/mol. The monoisotopic (exact) mass is 298 g/mol. The van der Waals surface area contributed by atoms with Crippen molar-refractivity contribution in [3.05, 3.63) is 33.3 Å². The van der Waals surface area contributed by atoms with Crippen molar-refractivity contribution in [1.29, 1.82) is 0 Å². The second-order valence-corrected chi connectivity index (χ2v) is 3.95. The first-order chi connectivity index (χ1) is 8.79. The van der Waals surface area contributed by atoms with E-state index >= 15 is 0 Å². The lowest BCUT2D eigenvalue weighted by Crippen LogP contribution is -2.20. The summed E-state index contributed by atoms with van der Waals surface area (Å²) in [5, 5.41) is 13.6. The number of nitro groups is 1. The van der Waals surface area contributed by atoms with Gasteiger partial charge in [-0.1, -0.05) is 11.6 Å². The molecule has 19 heavy (non-hydrogen) atoms. The molecule has 0 fully saturated rings. The molecule has 0 aliphatic heterocycles. The Balaban J connectivity index is 2.49. The predicted molar refractivity (Wildman–Crippen MR) is 63.5 cm³/mol. The molecule has 1 rings (SSSR count). The van der Waals surface area contributed by atoms with E-state index in [1.807, 2.05) is 0 Å². The van der Waals surface area contributed by atoms with Crippen molar-refractivity contribution in [3.63, 3.8) is 0 Å². The van der Waals surface area contributed by atoms with Crippen LogP contribution in [0.2, 0.25) is 5.02 Å². The predicted octanol–water partition coefficient (Wildman–Crippen LogP) is 3.24. The molecule has 0 aliphatic carbocycles. The molecule has 5 nitrogen and oxygen atoms in total. The fourth-order valence-electron chi connectivity index (χ4n) is 1.25. The molecule has 0 aliphatic rings. The van der Waals surface area contributed by atoms with Gasteiger partial charge in [0.25, 0.3) is 5.69 Å². The third-order valence-corrected chi connectivity index (χ3v) is 2.22. The maximum absolute atomic E-state index is 11.8. The van der Waals surface area contributed by atoms with Crippen molar-refractivity contribution < 1.29 is 22.8 Å². The second kappa shape index (κ2) is 6.58. The van der Waals surface area contributed by atoms with Gasteiger partial charge in [-0.2, -0.15) is 13.2 Å². The van der Waals surface area contributed by atoms with Crippen molar-refractivity contribution in [3.8, 4) is 0 Å². The maximum atomic E-state index is 11.8.